The normalized spacial score (nSPS) is 16.6. The summed E-state index contributed by atoms with van der Waals surface area (Å²) in [7, 11) is -2.11. The summed E-state index contributed by atoms with van der Waals surface area (Å²) in [4.78, 5) is 9.83. The molecule has 9 heteroatoms. The molecule has 0 saturated carbocycles. The van der Waals surface area contributed by atoms with Gasteiger partial charge in [-0.1, -0.05) is 51.2 Å². The summed E-state index contributed by atoms with van der Waals surface area (Å²) in [6.07, 6.45) is 3.52. The predicted octanol–water partition coefficient (Wildman–Crippen LogP) is 4.92. The maximum Gasteiger partial charge on any atom is 0.417 e. The van der Waals surface area contributed by atoms with Gasteiger partial charge in [-0.15, -0.1) is 0 Å². The number of unbranched alkanes of at least 4 members (excludes halogenated alkanes) is 6. The van der Waals surface area contributed by atoms with Crippen LogP contribution in [0.5, 0.6) is 0 Å². The first-order valence-corrected chi connectivity index (χ1v) is 10.1. The molecule has 0 unspecified atom stereocenters. The van der Waals surface area contributed by atoms with Crippen molar-refractivity contribution in [3.63, 3.8) is 0 Å². The number of alkyl halides is 3. The molecule has 0 saturated heterocycles. The topological polar surface area (TPSA) is 72.2 Å². The first-order valence-electron chi connectivity index (χ1n) is 8.91. The largest absolute Gasteiger partial charge is 0.417 e. The minimum absolute atomic E-state index is 0.394. The second-order valence-electron chi connectivity index (χ2n) is 7.40. The van der Waals surface area contributed by atoms with Crippen molar-refractivity contribution in [1.29, 1.82) is 0 Å². The highest BCUT2D eigenvalue weighted by molar-refractivity contribution is 7.84. The molecule has 0 aromatic heterocycles. The van der Waals surface area contributed by atoms with E-state index in [2.05, 4.69) is 6.92 Å². The zero-order chi connectivity index (χ0) is 20.4. The van der Waals surface area contributed by atoms with Gasteiger partial charge in [0.1, 0.15) is 0 Å². The average molecular weight is 401 g/mol. The Morgan fingerprint density at radius 3 is 2.08 bits per heavy atom. The fraction of sp³-hybridized carbons (Fsp3) is 0.882. The Balaban J connectivity index is 5.15. The molecule has 2 atom stereocenters. The fourth-order valence-electron chi connectivity index (χ4n) is 2.21. The monoisotopic (exact) mass is 400 g/mol. The van der Waals surface area contributed by atoms with Crippen molar-refractivity contribution in [3.05, 3.63) is 22.3 Å². The molecule has 0 amide bonds. The van der Waals surface area contributed by atoms with E-state index in [9.17, 15) is 27.5 Å². The summed E-state index contributed by atoms with van der Waals surface area (Å²) in [5.74, 6) is 0. The van der Waals surface area contributed by atoms with Crippen LogP contribution < -0.4 is 4.72 Å². The zero-order valence-electron chi connectivity index (χ0n) is 16.0. The highest BCUT2D eigenvalue weighted by Gasteiger charge is 2.58. The molecule has 26 heavy (non-hydrogen) atoms. The Hall–Kier alpha value is -0.960. The van der Waals surface area contributed by atoms with Crippen molar-refractivity contribution in [1.82, 2.24) is 4.72 Å². The van der Waals surface area contributed by atoms with E-state index in [-0.39, 0.29) is 0 Å². The molecular formula is C17H31F3N2O3S. The van der Waals surface area contributed by atoms with Crippen LogP contribution in [0, 0.1) is 10.1 Å². The van der Waals surface area contributed by atoms with Crippen molar-refractivity contribution in [2.75, 3.05) is 6.54 Å². The lowest BCUT2D eigenvalue weighted by Crippen LogP contribution is -2.62. The van der Waals surface area contributed by atoms with E-state index < -0.39 is 38.9 Å². The van der Waals surface area contributed by atoms with Crippen molar-refractivity contribution in [2.24, 2.45) is 0 Å². The maximum absolute atomic E-state index is 13.6. The van der Waals surface area contributed by atoms with Crippen LogP contribution in [0.1, 0.15) is 72.6 Å². The predicted molar refractivity (Wildman–Crippen MR) is 98.8 cm³/mol. The molecule has 1 N–H and O–H groups in total. The Morgan fingerprint density at radius 1 is 1.08 bits per heavy atom. The van der Waals surface area contributed by atoms with Crippen molar-refractivity contribution >= 4 is 11.0 Å². The lowest BCUT2D eigenvalue weighted by atomic mass is 9.98. The van der Waals surface area contributed by atoms with E-state index in [1.807, 2.05) is 4.72 Å². The fourth-order valence-corrected chi connectivity index (χ4v) is 3.10. The summed E-state index contributed by atoms with van der Waals surface area (Å²) >= 11 is 0. The number of hydrogen-bond donors (Lipinski definition) is 1. The third-order valence-corrected chi connectivity index (χ3v) is 5.50. The highest BCUT2D eigenvalue weighted by Crippen LogP contribution is 2.33. The van der Waals surface area contributed by atoms with Gasteiger partial charge >= 0.3 is 6.18 Å². The molecule has 0 rings (SSSR count). The molecule has 0 aliphatic rings. The lowest BCUT2D eigenvalue weighted by molar-refractivity contribution is -0.497. The van der Waals surface area contributed by atoms with Crippen molar-refractivity contribution in [2.45, 2.75) is 89.1 Å². The number of nitro groups is 1. The minimum Gasteiger partial charge on any atom is -0.264 e. The SMILES string of the molecule is CCCCCCCC/C=C/[C@@](C[N+](=O)[O-])(N[S@](=O)C(C)(C)C)C(F)(F)F. The van der Waals surface area contributed by atoms with Gasteiger partial charge in [-0.25, -0.2) is 8.93 Å². The van der Waals surface area contributed by atoms with E-state index in [1.54, 1.807) is 0 Å². The third-order valence-electron chi connectivity index (χ3n) is 3.84. The van der Waals surface area contributed by atoms with Gasteiger partial charge in [-0.2, -0.15) is 13.2 Å². The van der Waals surface area contributed by atoms with Gasteiger partial charge in [-0.05, 0) is 33.6 Å². The van der Waals surface area contributed by atoms with Crippen LogP contribution >= 0.6 is 0 Å². The Morgan fingerprint density at radius 2 is 1.62 bits per heavy atom. The van der Waals surface area contributed by atoms with Gasteiger partial charge < -0.3 is 0 Å². The molecule has 0 heterocycles. The van der Waals surface area contributed by atoms with Gasteiger partial charge in [0.05, 0.1) is 15.7 Å². The van der Waals surface area contributed by atoms with Crippen LogP contribution in [-0.4, -0.2) is 32.1 Å². The third kappa shape index (κ3) is 9.12. The highest BCUT2D eigenvalue weighted by atomic mass is 32.2. The van der Waals surface area contributed by atoms with Crippen molar-refractivity contribution < 1.29 is 22.3 Å². The van der Waals surface area contributed by atoms with Gasteiger partial charge in [-0.3, -0.25) is 10.1 Å². The molecule has 0 bridgehead atoms. The molecule has 0 spiro atoms. The lowest BCUT2D eigenvalue weighted by Gasteiger charge is -2.32. The smallest absolute Gasteiger partial charge is 0.264 e. The maximum atomic E-state index is 13.6. The van der Waals surface area contributed by atoms with Crippen LogP contribution in [0.4, 0.5) is 13.2 Å². The number of allylic oxidation sites excluding steroid dienone is 1. The standard InChI is InChI=1S/C17H31F3N2O3S/c1-5-6-7-8-9-10-11-12-13-16(14-22(23)24,17(18,19)20)21-26(25)15(2,3)4/h12-13,21H,5-11,14H2,1-4H3/b13-12+/t16-,26+/m0/s1. The van der Waals surface area contributed by atoms with Gasteiger partial charge in [0.25, 0.3) is 0 Å². The van der Waals surface area contributed by atoms with Crippen LogP contribution in [0.15, 0.2) is 12.2 Å². The average Bonchev–Trinajstić information content (AvgIpc) is 2.47. The van der Waals surface area contributed by atoms with E-state index in [0.29, 0.717) is 6.42 Å². The molecule has 5 nitrogen and oxygen atoms in total. The molecule has 154 valence electrons. The Bertz CT molecular complexity index is 491. The van der Waals surface area contributed by atoms with Crippen LogP contribution in [-0.2, 0) is 11.0 Å². The van der Waals surface area contributed by atoms with E-state index in [1.165, 1.54) is 26.8 Å². The molecule has 0 aromatic rings. The summed E-state index contributed by atoms with van der Waals surface area (Å²) in [5, 5.41) is 10.9. The Labute approximate surface area is 156 Å². The molecule has 0 radical (unpaired) electrons. The van der Waals surface area contributed by atoms with Crippen LogP contribution in [0.2, 0.25) is 0 Å². The number of nitrogens with zero attached hydrogens (tertiary/aromatic N) is 1. The van der Waals surface area contributed by atoms with Gasteiger partial charge in [0.15, 0.2) is 0 Å². The van der Waals surface area contributed by atoms with E-state index in [0.717, 1.165) is 44.6 Å². The number of halogens is 3. The van der Waals surface area contributed by atoms with E-state index in [4.69, 9.17) is 0 Å². The number of hydrogen-bond acceptors (Lipinski definition) is 3. The summed E-state index contributed by atoms with van der Waals surface area (Å²) in [6, 6.07) is 0. The second-order valence-corrected chi connectivity index (χ2v) is 9.37. The first kappa shape index (κ1) is 25.0. The molecule has 0 fully saturated rings. The van der Waals surface area contributed by atoms with Crippen LogP contribution in [0.3, 0.4) is 0 Å². The van der Waals surface area contributed by atoms with Crippen molar-refractivity contribution in [3.8, 4) is 0 Å². The second kappa shape index (κ2) is 11.0. The van der Waals surface area contributed by atoms with Gasteiger partial charge in [0, 0.05) is 4.92 Å². The van der Waals surface area contributed by atoms with Crippen LogP contribution in [0.25, 0.3) is 0 Å². The molecular weight excluding hydrogens is 369 g/mol. The quantitative estimate of drug-likeness (QED) is 0.219. The summed E-state index contributed by atoms with van der Waals surface area (Å²) in [5.41, 5.74) is -2.95. The molecule has 0 aliphatic heterocycles. The minimum atomic E-state index is -4.95. The zero-order valence-corrected chi connectivity index (χ0v) is 16.8. The number of rotatable bonds is 12. The number of nitrogens with one attached hydrogen (secondary N) is 1. The van der Waals surface area contributed by atoms with Gasteiger partial charge in [0.2, 0.25) is 12.1 Å². The molecule has 0 aliphatic carbocycles. The molecule has 0 aromatic carbocycles. The summed E-state index contributed by atoms with van der Waals surface area (Å²) in [6.45, 7) is 5.20. The van der Waals surface area contributed by atoms with E-state index >= 15 is 0 Å². The Kier molecular flexibility index (Phi) is 10.6. The summed E-state index contributed by atoms with van der Waals surface area (Å²) < 4.78 is 54.1. The first-order chi connectivity index (χ1) is 11.9.